The van der Waals surface area contributed by atoms with Gasteiger partial charge in [-0.3, -0.25) is 4.79 Å². The van der Waals surface area contributed by atoms with Crippen LogP contribution >= 0.6 is 0 Å². The fraction of sp³-hybridized carbons (Fsp3) is 0.588. The Labute approximate surface area is 121 Å². The lowest BCUT2D eigenvalue weighted by Crippen LogP contribution is -2.42. The zero-order valence-electron chi connectivity index (χ0n) is 12.7. The fourth-order valence-corrected chi connectivity index (χ4v) is 3.54. The molecule has 3 rings (SSSR count). The van der Waals surface area contributed by atoms with E-state index in [1.807, 2.05) is 0 Å². The van der Waals surface area contributed by atoms with Crippen LogP contribution in [0.4, 0.5) is 11.4 Å². The summed E-state index contributed by atoms with van der Waals surface area (Å²) in [7, 11) is 2.14. The van der Waals surface area contributed by atoms with Crippen molar-refractivity contribution < 1.29 is 4.79 Å². The molecule has 1 aromatic rings. The zero-order valence-corrected chi connectivity index (χ0v) is 12.7. The summed E-state index contributed by atoms with van der Waals surface area (Å²) in [5.41, 5.74) is 2.44. The molecule has 1 aliphatic heterocycles. The first kappa shape index (κ1) is 13.5. The second-order valence-corrected chi connectivity index (χ2v) is 6.84. The van der Waals surface area contributed by atoms with Crippen LogP contribution in [-0.4, -0.2) is 32.5 Å². The standard InChI is InChI=1S/C17H24N2O/c1-17(2)9-8-13(16(17)20)12-19-11-10-18(3)14-6-4-5-7-15(14)19/h4-7,13H,8-12H2,1-3H3. The molecule has 3 nitrogen and oxygen atoms in total. The summed E-state index contributed by atoms with van der Waals surface area (Å²) in [5, 5.41) is 0. The maximum atomic E-state index is 12.4. The number of fused-ring (bicyclic) bond motifs is 1. The third kappa shape index (κ3) is 2.19. The van der Waals surface area contributed by atoms with Gasteiger partial charge in [0.05, 0.1) is 11.4 Å². The molecule has 1 aliphatic carbocycles. The molecule has 0 bridgehead atoms. The van der Waals surface area contributed by atoms with Gasteiger partial charge < -0.3 is 9.80 Å². The van der Waals surface area contributed by atoms with Crippen molar-refractivity contribution in [1.82, 2.24) is 0 Å². The molecule has 1 saturated carbocycles. The third-order valence-electron chi connectivity index (χ3n) is 4.94. The number of rotatable bonds is 2. The predicted octanol–water partition coefficient (Wildman–Crippen LogP) is 2.95. The number of hydrogen-bond donors (Lipinski definition) is 0. The molecule has 20 heavy (non-hydrogen) atoms. The smallest absolute Gasteiger partial charge is 0.143 e. The number of anilines is 2. The highest BCUT2D eigenvalue weighted by molar-refractivity contribution is 5.89. The average molecular weight is 272 g/mol. The molecular formula is C17H24N2O. The Morgan fingerprint density at radius 2 is 1.90 bits per heavy atom. The Morgan fingerprint density at radius 3 is 2.55 bits per heavy atom. The Bertz CT molecular complexity index is 523. The molecule has 0 saturated heterocycles. The van der Waals surface area contributed by atoms with Crippen LogP contribution in [0.3, 0.4) is 0 Å². The number of ketones is 1. The number of Topliss-reactive ketones (excluding diaryl/α,β-unsaturated/α-hetero) is 1. The quantitative estimate of drug-likeness (QED) is 0.827. The molecule has 108 valence electrons. The minimum atomic E-state index is -0.114. The van der Waals surface area contributed by atoms with Crippen molar-refractivity contribution in [3.8, 4) is 0 Å². The lowest BCUT2D eigenvalue weighted by Gasteiger charge is -2.38. The molecular weight excluding hydrogens is 248 g/mol. The highest BCUT2D eigenvalue weighted by Crippen LogP contribution is 2.39. The van der Waals surface area contributed by atoms with E-state index in [0.29, 0.717) is 5.78 Å². The first-order valence-electron chi connectivity index (χ1n) is 7.58. The largest absolute Gasteiger partial charge is 0.371 e. The number of hydrogen-bond acceptors (Lipinski definition) is 3. The summed E-state index contributed by atoms with van der Waals surface area (Å²) in [6.07, 6.45) is 2.08. The topological polar surface area (TPSA) is 23.6 Å². The SMILES string of the molecule is CN1CCN(CC2CCC(C)(C)C2=O)c2ccccc21. The number of nitrogens with zero attached hydrogens (tertiary/aromatic N) is 2. The molecule has 1 aromatic carbocycles. The maximum absolute atomic E-state index is 12.4. The number of carbonyl (C=O) groups is 1. The van der Waals surface area contributed by atoms with Crippen LogP contribution in [0.25, 0.3) is 0 Å². The summed E-state index contributed by atoms with van der Waals surface area (Å²) in [6, 6.07) is 8.52. The highest BCUT2D eigenvalue weighted by Gasteiger charge is 2.41. The Morgan fingerprint density at radius 1 is 1.20 bits per heavy atom. The van der Waals surface area contributed by atoms with Crippen molar-refractivity contribution in [1.29, 1.82) is 0 Å². The molecule has 1 fully saturated rings. The molecule has 3 heteroatoms. The normalized spacial score (nSPS) is 24.9. The van der Waals surface area contributed by atoms with Crippen LogP contribution in [0.2, 0.25) is 0 Å². The summed E-state index contributed by atoms with van der Waals surface area (Å²) in [4.78, 5) is 17.1. The number of benzene rings is 1. The van der Waals surface area contributed by atoms with E-state index < -0.39 is 0 Å². The molecule has 1 heterocycles. The molecule has 0 N–H and O–H groups in total. The third-order valence-corrected chi connectivity index (χ3v) is 4.94. The van der Waals surface area contributed by atoms with Crippen molar-refractivity contribution in [3.63, 3.8) is 0 Å². The van der Waals surface area contributed by atoms with E-state index >= 15 is 0 Å². The number of para-hydroxylation sites is 2. The molecule has 1 unspecified atom stereocenters. The average Bonchev–Trinajstić information content (AvgIpc) is 2.69. The van der Waals surface area contributed by atoms with Gasteiger partial charge >= 0.3 is 0 Å². The molecule has 0 amide bonds. The molecule has 2 aliphatic rings. The van der Waals surface area contributed by atoms with Crippen LogP contribution in [0.5, 0.6) is 0 Å². The summed E-state index contributed by atoms with van der Waals surface area (Å²) in [6.45, 7) is 7.10. The van der Waals surface area contributed by atoms with E-state index in [1.165, 1.54) is 11.4 Å². The Balaban J connectivity index is 1.80. The van der Waals surface area contributed by atoms with E-state index in [1.54, 1.807) is 0 Å². The van der Waals surface area contributed by atoms with Crippen molar-refractivity contribution in [2.75, 3.05) is 36.5 Å². The minimum Gasteiger partial charge on any atom is -0.371 e. The van der Waals surface area contributed by atoms with Gasteiger partial charge in [-0.2, -0.15) is 0 Å². The van der Waals surface area contributed by atoms with E-state index in [9.17, 15) is 4.79 Å². The second-order valence-electron chi connectivity index (χ2n) is 6.84. The van der Waals surface area contributed by atoms with Gasteiger partial charge in [-0.25, -0.2) is 0 Å². The summed E-state index contributed by atoms with van der Waals surface area (Å²) < 4.78 is 0. The Hall–Kier alpha value is -1.51. The molecule has 0 aromatic heterocycles. The van der Waals surface area contributed by atoms with Crippen LogP contribution < -0.4 is 9.80 Å². The number of carbonyl (C=O) groups excluding carboxylic acids is 1. The van der Waals surface area contributed by atoms with Crippen molar-refractivity contribution in [2.24, 2.45) is 11.3 Å². The highest BCUT2D eigenvalue weighted by atomic mass is 16.1. The maximum Gasteiger partial charge on any atom is 0.143 e. The van der Waals surface area contributed by atoms with Crippen LogP contribution in [-0.2, 0) is 4.79 Å². The minimum absolute atomic E-state index is 0.114. The first-order chi connectivity index (χ1) is 9.49. The van der Waals surface area contributed by atoms with Gasteiger partial charge in [0.2, 0.25) is 0 Å². The summed E-state index contributed by atoms with van der Waals surface area (Å²) >= 11 is 0. The van der Waals surface area contributed by atoms with Crippen LogP contribution in [0, 0.1) is 11.3 Å². The van der Waals surface area contributed by atoms with Gasteiger partial charge in [0, 0.05) is 38.0 Å². The van der Waals surface area contributed by atoms with Gasteiger partial charge in [-0.05, 0) is 25.0 Å². The van der Waals surface area contributed by atoms with Gasteiger partial charge in [-0.1, -0.05) is 26.0 Å². The van der Waals surface area contributed by atoms with Gasteiger partial charge in [0.25, 0.3) is 0 Å². The fourth-order valence-electron chi connectivity index (χ4n) is 3.54. The molecule has 1 atom stereocenters. The Kier molecular flexibility index (Phi) is 3.23. The lowest BCUT2D eigenvalue weighted by atomic mass is 9.89. The van der Waals surface area contributed by atoms with Crippen molar-refractivity contribution in [2.45, 2.75) is 26.7 Å². The van der Waals surface area contributed by atoms with Crippen molar-refractivity contribution in [3.05, 3.63) is 24.3 Å². The molecule has 0 spiro atoms. The zero-order chi connectivity index (χ0) is 14.3. The van der Waals surface area contributed by atoms with E-state index in [4.69, 9.17) is 0 Å². The van der Waals surface area contributed by atoms with E-state index in [-0.39, 0.29) is 11.3 Å². The van der Waals surface area contributed by atoms with Gasteiger partial charge in [0.15, 0.2) is 0 Å². The van der Waals surface area contributed by atoms with E-state index in [0.717, 1.165) is 32.5 Å². The second kappa shape index (κ2) is 4.80. The van der Waals surface area contributed by atoms with Gasteiger partial charge in [0.1, 0.15) is 5.78 Å². The molecule has 0 radical (unpaired) electrons. The first-order valence-corrected chi connectivity index (χ1v) is 7.58. The predicted molar refractivity (Wildman–Crippen MR) is 83.4 cm³/mol. The van der Waals surface area contributed by atoms with Crippen molar-refractivity contribution >= 4 is 17.2 Å². The van der Waals surface area contributed by atoms with Crippen LogP contribution in [0.15, 0.2) is 24.3 Å². The number of likely N-dealkylation sites (N-methyl/N-ethyl adjacent to an activating group) is 1. The van der Waals surface area contributed by atoms with E-state index in [2.05, 4.69) is 55.0 Å². The van der Waals surface area contributed by atoms with Crippen LogP contribution in [0.1, 0.15) is 26.7 Å². The van der Waals surface area contributed by atoms with Gasteiger partial charge in [-0.15, -0.1) is 0 Å². The summed E-state index contributed by atoms with van der Waals surface area (Å²) in [5.74, 6) is 0.662. The lowest BCUT2D eigenvalue weighted by molar-refractivity contribution is -0.127. The monoisotopic (exact) mass is 272 g/mol.